The molecule has 38 heavy (non-hydrogen) atoms. The van der Waals surface area contributed by atoms with Gasteiger partial charge in [-0.2, -0.15) is 0 Å². The second-order valence-electron chi connectivity index (χ2n) is 9.06. The average molecular weight is 530 g/mol. The molecule has 1 aromatic heterocycles. The van der Waals surface area contributed by atoms with E-state index in [1.807, 2.05) is 60.9 Å². The number of hydrogen-bond donors (Lipinski definition) is 2. The highest BCUT2D eigenvalue weighted by molar-refractivity contribution is 7.99. The van der Waals surface area contributed by atoms with Crippen molar-refractivity contribution in [1.82, 2.24) is 20.1 Å². The molecule has 0 radical (unpaired) electrons. The van der Waals surface area contributed by atoms with Gasteiger partial charge in [-0.3, -0.25) is 9.59 Å². The summed E-state index contributed by atoms with van der Waals surface area (Å²) >= 11 is 1.29. The number of benzene rings is 3. The van der Waals surface area contributed by atoms with Gasteiger partial charge in [0.15, 0.2) is 11.0 Å². The van der Waals surface area contributed by atoms with Crippen LogP contribution in [-0.4, -0.2) is 39.4 Å². The van der Waals surface area contributed by atoms with Gasteiger partial charge in [0.25, 0.3) is 5.91 Å². The molecule has 1 heterocycles. The summed E-state index contributed by atoms with van der Waals surface area (Å²) in [7, 11) is 1.58. The molecule has 3 aromatic carbocycles. The highest BCUT2D eigenvalue weighted by atomic mass is 32.2. The molecule has 2 N–H and O–H groups in total. The molecule has 0 aliphatic heterocycles. The molecule has 2 amide bonds. The smallest absolute Gasteiger partial charge is 0.251 e. The normalized spacial score (nSPS) is 11.8. The lowest BCUT2D eigenvalue weighted by molar-refractivity contribution is -0.113. The third-order valence-electron chi connectivity index (χ3n) is 6.01. The Hall–Kier alpha value is -4.11. The predicted octanol–water partition coefficient (Wildman–Crippen LogP) is 5.48. The van der Waals surface area contributed by atoms with E-state index in [1.165, 1.54) is 11.8 Å². The summed E-state index contributed by atoms with van der Waals surface area (Å²) in [5, 5.41) is 17.5. The number of methoxy groups -OCH3 is 1. The monoisotopic (exact) mass is 529 g/mol. The van der Waals surface area contributed by atoms with E-state index in [0.29, 0.717) is 28.8 Å². The molecule has 196 valence electrons. The lowest BCUT2D eigenvalue weighted by Gasteiger charge is -2.22. The number of allylic oxidation sites excluding steroid dienone is 1. The number of fused-ring (bicyclic) bond motifs is 1. The number of ether oxygens (including phenoxy) is 1. The number of nitrogens with zero attached hydrogens (tertiary/aromatic N) is 3. The van der Waals surface area contributed by atoms with Crippen LogP contribution in [-0.2, 0) is 11.3 Å². The van der Waals surface area contributed by atoms with Crippen LogP contribution in [0.25, 0.3) is 10.8 Å². The van der Waals surface area contributed by atoms with Gasteiger partial charge in [-0.1, -0.05) is 62.0 Å². The second kappa shape index (κ2) is 12.4. The Labute approximate surface area is 226 Å². The van der Waals surface area contributed by atoms with Crippen molar-refractivity contribution in [3.8, 4) is 5.75 Å². The molecule has 0 aliphatic rings. The van der Waals surface area contributed by atoms with Crippen LogP contribution in [0.15, 0.2) is 84.5 Å². The van der Waals surface area contributed by atoms with Gasteiger partial charge in [0.05, 0.1) is 18.9 Å². The maximum Gasteiger partial charge on any atom is 0.251 e. The second-order valence-corrected chi connectivity index (χ2v) is 10.0. The van der Waals surface area contributed by atoms with Crippen molar-refractivity contribution in [2.24, 2.45) is 5.92 Å². The first kappa shape index (κ1) is 26.9. The molecule has 0 fully saturated rings. The van der Waals surface area contributed by atoms with Crippen LogP contribution in [0.1, 0.15) is 36.1 Å². The lowest BCUT2D eigenvalue weighted by atomic mass is 10.0. The van der Waals surface area contributed by atoms with Gasteiger partial charge in [-0.05, 0) is 53.1 Å². The van der Waals surface area contributed by atoms with Gasteiger partial charge in [0.2, 0.25) is 5.91 Å². The van der Waals surface area contributed by atoms with Gasteiger partial charge < -0.3 is 19.9 Å². The van der Waals surface area contributed by atoms with E-state index in [4.69, 9.17) is 4.74 Å². The Morgan fingerprint density at radius 3 is 2.47 bits per heavy atom. The number of nitrogens with one attached hydrogen (secondary N) is 2. The standard InChI is InChI=1S/C29H31N5O3S/c1-5-16-34-27(26(19(2)3)31-28(36)21-11-14-24(37-4)15-12-21)32-33-29(34)38-18-25(35)30-23-13-10-20-8-6-7-9-22(20)17-23/h5-15,17,19,26H,1,16,18H2,2-4H3,(H,30,35)(H,31,36)/t26-/m1/s1. The first-order valence-electron chi connectivity index (χ1n) is 12.3. The minimum atomic E-state index is -0.391. The molecule has 8 nitrogen and oxygen atoms in total. The highest BCUT2D eigenvalue weighted by Gasteiger charge is 2.26. The van der Waals surface area contributed by atoms with E-state index < -0.39 is 6.04 Å². The summed E-state index contributed by atoms with van der Waals surface area (Å²) in [6, 6.07) is 20.4. The number of amides is 2. The Morgan fingerprint density at radius 2 is 1.79 bits per heavy atom. The van der Waals surface area contributed by atoms with Crippen LogP contribution < -0.4 is 15.4 Å². The van der Waals surface area contributed by atoms with Crippen molar-refractivity contribution >= 4 is 40.0 Å². The number of carbonyl (C=O) groups excluding carboxylic acids is 2. The molecule has 0 saturated carbocycles. The fraction of sp³-hybridized carbons (Fsp3) is 0.241. The molecule has 4 rings (SSSR count). The summed E-state index contributed by atoms with van der Waals surface area (Å²) in [4.78, 5) is 25.7. The minimum Gasteiger partial charge on any atom is -0.497 e. The Kier molecular flexibility index (Phi) is 8.81. The largest absolute Gasteiger partial charge is 0.497 e. The number of hydrogen-bond acceptors (Lipinski definition) is 6. The van der Waals surface area contributed by atoms with Crippen molar-refractivity contribution in [2.45, 2.75) is 31.6 Å². The molecular formula is C29H31N5O3S. The Bertz CT molecular complexity index is 1430. The van der Waals surface area contributed by atoms with Crippen molar-refractivity contribution in [1.29, 1.82) is 0 Å². The third kappa shape index (κ3) is 6.41. The Morgan fingerprint density at radius 1 is 1.05 bits per heavy atom. The maximum atomic E-state index is 13.0. The molecule has 0 aliphatic carbocycles. The zero-order valence-electron chi connectivity index (χ0n) is 21.7. The quantitative estimate of drug-likeness (QED) is 0.197. The molecular weight excluding hydrogens is 498 g/mol. The summed E-state index contributed by atoms with van der Waals surface area (Å²) in [6.45, 7) is 8.32. The summed E-state index contributed by atoms with van der Waals surface area (Å²) < 4.78 is 7.07. The number of thioether (sulfide) groups is 1. The zero-order valence-corrected chi connectivity index (χ0v) is 22.5. The van der Waals surface area contributed by atoms with Crippen LogP contribution >= 0.6 is 11.8 Å². The van der Waals surface area contributed by atoms with Crippen molar-refractivity contribution in [3.63, 3.8) is 0 Å². The average Bonchev–Trinajstić information content (AvgIpc) is 3.32. The van der Waals surface area contributed by atoms with Gasteiger partial charge in [0.1, 0.15) is 5.75 Å². The number of rotatable bonds is 11. The molecule has 9 heteroatoms. The Balaban J connectivity index is 1.46. The van der Waals surface area contributed by atoms with Crippen LogP contribution in [0.2, 0.25) is 0 Å². The fourth-order valence-corrected chi connectivity index (χ4v) is 4.78. The van der Waals surface area contributed by atoms with Crippen molar-refractivity contribution in [3.05, 3.63) is 90.8 Å². The SMILES string of the molecule is C=CCn1c(SCC(=O)Nc2ccc3ccccc3c2)nnc1[C@H](NC(=O)c1ccc(OC)cc1)C(C)C. The van der Waals surface area contributed by atoms with Crippen LogP contribution in [0.3, 0.4) is 0 Å². The summed E-state index contributed by atoms with van der Waals surface area (Å²) in [6.07, 6.45) is 1.74. The number of anilines is 1. The predicted molar refractivity (Wildman–Crippen MR) is 152 cm³/mol. The maximum absolute atomic E-state index is 13.0. The zero-order chi connectivity index (χ0) is 27.1. The summed E-state index contributed by atoms with van der Waals surface area (Å²) in [5.74, 6) is 1.13. The molecule has 0 unspecified atom stereocenters. The van der Waals surface area contributed by atoms with Gasteiger partial charge >= 0.3 is 0 Å². The first-order chi connectivity index (χ1) is 18.4. The van der Waals surface area contributed by atoms with Crippen molar-refractivity contribution < 1.29 is 14.3 Å². The van der Waals surface area contributed by atoms with E-state index in [0.717, 1.165) is 16.5 Å². The highest BCUT2D eigenvalue weighted by Crippen LogP contribution is 2.26. The number of carbonyl (C=O) groups is 2. The van der Waals surface area contributed by atoms with Crippen LogP contribution in [0.5, 0.6) is 5.75 Å². The van der Waals surface area contributed by atoms with Gasteiger partial charge in [-0.25, -0.2) is 0 Å². The molecule has 4 aromatic rings. The molecule has 0 saturated heterocycles. The van der Waals surface area contributed by atoms with Crippen LogP contribution in [0.4, 0.5) is 5.69 Å². The van der Waals surface area contributed by atoms with Gasteiger partial charge in [0, 0.05) is 17.8 Å². The molecule has 1 atom stereocenters. The fourth-order valence-electron chi connectivity index (χ4n) is 4.03. The van der Waals surface area contributed by atoms with E-state index in [9.17, 15) is 9.59 Å². The third-order valence-corrected chi connectivity index (χ3v) is 6.97. The van der Waals surface area contributed by atoms with Crippen LogP contribution in [0, 0.1) is 5.92 Å². The lowest BCUT2D eigenvalue weighted by Crippen LogP contribution is -2.33. The van der Waals surface area contributed by atoms with E-state index in [1.54, 1.807) is 37.5 Å². The molecule has 0 spiro atoms. The van der Waals surface area contributed by atoms with E-state index >= 15 is 0 Å². The minimum absolute atomic E-state index is 0.0408. The van der Waals surface area contributed by atoms with Crippen molar-refractivity contribution in [2.75, 3.05) is 18.2 Å². The van der Waals surface area contributed by atoms with Gasteiger partial charge in [-0.15, -0.1) is 16.8 Å². The van der Waals surface area contributed by atoms with E-state index in [-0.39, 0.29) is 23.5 Å². The van der Waals surface area contributed by atoms with E-state index in [2.05, 4.69) is 27.4 Å². The first-order valence-corrected chi connectivity index (χ1v) is 13.3. The number of aromatic nitrogens is 3. The topological polar surface area (TPSA) is 98.1 Å². The summed E-state index contributed by atoms with van der Waals surface area (Å²) in [5.41, 5.74) is 1.26. The molecule has 0 bridgehead atoms.